The quantitative estimate of drug-likeness (QED) is 0.551. The molecule has 9 heteroatoms. The molecule has 0 aliphatic rings. The van der Waals surface area contributed by atoms with E-state index in [0.717, 1.165) is 6.07 Å². The summed E-state index contributed by atoms with van der Waals surface area (Å²) in [5, 5.41) is 23.7. The lowest BCUT2D eigenvalue weighted by Crippen LogP contribution is -2.26. The van der Waals surface area contributed by atoms with Crippen molar-refractivity contribution in [3.63, 3.8) is 0 Å². The number of methoxy groups -OCH3 is 2. The molecule has 1 unspecified atom stereocenters. The number of ether oxygens (including phenoxy) is 2. The molecule has 9 nitrogen and oxygen atoms in total. The highest BCUT2D eigenvalue weighted by Gasteiger charge is 2.24. The lowest BCUT2D eigenvalue weighted by Gasteiger charge is -2.12. The summed E-state index contributed by atoms with van der Waals surface area (Å²) < 4.78 is 15.0. The zero-order chi connectivity index (χ0) is 18.4. The summed E-state index contributed by atoms with van der Waals surface area (Å²) in [5.41, 5.74) is 0.0392. The van der Waals surface area contributed by atoms with E-state index < -0.39 is 22.6 Å². The highest BCUT2D eigenvalue weighted by atomic mass is 16.6. The molecule has 25 heavy (non-hydrogen) atoms. The summed E-state index contributed by atoms with van der Waals surface area (Å²) in [5.74, 6) is -0.287. The first-order valence-corrected chi connectivity index (χ1v) is 7.36. The average Bonchev–Trinajstić information content (AvgIpc) is 3.14. The standard InChI is InChI=1S/C16H18N2O7/c1-23-14-7-11(12(18(21)22)8-15(14)24-2)16(20)17-5-3-13(19)10-4-6-25-9-10/h4,6-9,13,19H,3,5H2,1-2H3,(H,17,20). The van der Waals surface area contributed by atoms with Crippen molar-refractivity contribution in [1.29, 1.82) is 0 Å². The molecule has 0 radical (unpaired) electrons. The molecule has 0 aliphatic heterocycles. The molecular formula is C16H18N2O7. The van der Waals surface area contributed by atoms with E-state index in [9.17, 15) is 20.0 Å². The van der Waals surface area contributed by atoms with E-state index in [1.54, 1.807) is 6.07 Å². The second kappa shape index (κ2) is 8.15. The zero-order valence-corrected chi connectivity index (χ0v) is 13.7. The molecule has 0 fully saturated rings. The number of carbonyl (C=O) groups excluding carboxylic acids is 1. The minimum absolute atomic E-state index is 0.122. The molecule has 1 amide bonds. The molecule has 2 aromatic rings. The Morgan fingerprint density at radius 1 is 1.36 bits per heavy atom. The molecular weight excluding hydrogens is 332 g/mol. The van der Waals surface area contributed by atoms with E-state index in [4.69, 9.17) is 13.9 Å². The maximum absolute atomic E-state index is 12.3. The fourth-order valence-electron chi connectivity index (χ4n) is 2.25. The van der Waals surface area contributed by atoms with E-state index in [0.29, 0.717) is 5.56 Å². The SMILES string of the molecule is COc1cc(C(=O)NCCC(O)c2ccoc2)c([N+](=O)[O-])cc1OC. The van der Waals surface area contributed by atoms with Gasteiger partial charge in [-0.1, -0.05) is 0 Å². The molecule has 0 aliphatic carbocycles. The fourth-order valence-corrected chi connectivity index (χ4v) is 2.25. The van der Waals surface area contributed by atoms with Crippen molar-refractivity contribution >= 4 is 11.6 Å². The summed E-state index contributed by atoms with van der Waals surface area (Å²) in [4.78, 5) is 22.8. The minimum Gasteiger partial charge on any atom is -0.493 e. The first-order valence-electron chi connectivity index (χ1n) is 7.36. The van der Waals surface area contributed by atoms with Crippen LogP contribution >= 0.6 is 0 Å². The summed E-state index contributed by atoms with van der Waals surface area (Å²) >= 11 is 0. The molecule has 2 N–H and O–H groups in total. The van der Waals surface area contributed by atoms with Crippen molar-refractivity contribution < 1.29 is 28.7 Å². The van der Waals surface area contributed by atoms with Gasteiger partial charge < -0.3 is 24.3 Å². The number of amides is 1. The van der Waals surface area contributed by atoms with Gasteiger partial charge in [0.25, 0.3) is 11.6 Å². The van der Waals surface area contributed by atoms with Crippen LogP contribution < -0.4 is 14.8 Å². The van der Waals surface area contributed by atoms with Gasteiger partial charge in [0.05, 0.1) is 43.8 Å². The van der Waals surface area contributed by atoms with Gasteiger partial charge in [0.2, 0.25) is 0 Å². The second-order valence-electron chi connectivity index (χ2n) is 5.10. The molecule has 0 saturated carbocycles. The summed E-state index contributed by atoms with van der Waals surface area (Å²) in [6.07, 6.45) is 2.27. The smallest absolute Gasteiger partial charge is 0.286 e. The summed E-state index contributed by atoms with van der Waals surface area (Å²) in [6.45, 7) is 0.122. The lowest BCUT2D eigenvalue weighted by molar-refractivity contribution is -0.385. The van der Waals surface area contributed by atoms with Gasteiger partial charge in [0.15, 0.2) is 11.5 Å². The van der Waals surface area contributed by atoms with Crippen LogP contribution in [-0.2, 0) is 0 Å². The van der Waals surface area contributed by atoms with Crippen molar-refractivity contribution in [3.8, 4) is 11.5 Å². The Labute approximate surface area is 143 Å². The van der Waals surface area contributed by atoms with Crippen molar-refractivity contribution in [2.24, 2.45) is 0 Å². The van der Waals surface area contributed by atoms with Gasteiger partial charge in [-0.3, -0.25) is 14.9 Å². The molecule has 134 valence electrons. The van der Waals surface area contributed by atoms with Crippen LogP contribution in [0.2, 0.25) is 0 Å². The van der Waals surface area contributed by atoms with E-state index in [2.05, 4.69) is 5.32 Å². The molecule has 1 aromatic carbocycles. The second-order valence-corrected chi connectivity index (χ2v) is 5.10. The highest BCUT2D eigenvalue weighted by molar-refractivity contribution is 5.99. The van der Waals surface area contributed by atoms with E-state index >= 15 is 0 Å². The van der Waals surface area contributed by atoms with Gasteiger partial charge in [-0.2, -0.15) is 0 Å². The molecule has 0 spiro atoms. The Morgan fingerprint density at radius 2 is 2.04 bits per heavy atom. The van der Waals surface area contributed by atoms with E-state index in [1.807, 2.05) is 0 Å². The predicted octanol–water partition coefficient (Wildman–Crippen LogP) is 2.06. The maximum Gasteiger partial charge on any atom is 0.286 e. The van der Waals surface area contributed by atoms with Crippen LogP contribution in [0.25, 0.3) is 0 Å². The van der Waals surface area contributed by atoms with Crippen LogP contribution in [0.4, 0.5) is 5.69 Å². The van der Waals surface area contributed by atoms with Crippen LogP contribution in [-0.4, -0.2) is 36.7 Å². The summed E-state index contributed by atoms with van der Waals surface area (Å²) in [6, 6.07) is 4.00. The van der Waals surface area contributed by atoms with Gasteiger partial charge >= 0.3 is 0 Å². The Hall–Kier alpha value is -3.07. The molecule has 2 rings (SSSR count). The Bertz CT molecular complexity index is 743. The number of hydrogen-bond acceptors (Lipinski definition) is 7. The number of furan rings is 1. The van der Waals surface area contributed by atoms with Gasteiger partial charge in [-0.15, -0.1) is 0 Å². The fraction of sp³-hybridized carbons (Fsp3) is 0.312. The van der Waals surface area contributed by atoms with Crippen molar-refractivity contribution in [3.05, 3.63) is 52.0 Å². The zero-order valence-electron chi connectivity index (χ0n) is 13.7. The molecule has 1 heterocycles. The maximum atomic E-state index is 12.3. The third-order valence-corrected chi connectivity index (χ3v) is 3.57. The van der Waals surface area contributed by atoms with Crippen LogP contribution in [0.15, 0.2) is 35.1 Å². The normalized spacial score (nSPS) is 11.6. The Kier molecular flexibility index (Phi) is 5.96. The van der Waals surface area contributed by atoms with Gasteiger partial charge in [-0.05, 0) is 12.5 Å². The molecule has 0 saturated heterocycles. The van der Waals surface area contributed by atoms with E-state index in [-0.39, 0.29) is 30.0 Å². The number of carbonyl (C=O) groups is 1. The van der Waals surface area contributed by atoms with Gasteiger partial charge in [0.1, 0.15) is 5.56 Å². The third kappa shape index (κ3) is 4.27. The summed E-state index contributed by atoms with van der Waals surface area (Å²) in [7, 11) is 2.71. The number of nitro groups is 1. The number of hydrogen-bond donors (Lipinski definition) is 2. The van der Waals surface area contributed by atoms with Crippen LogP contribution in [0.5, 0.6) is 11.5 Å². The molecule has 0 bridgehead atoms. The average molecular weight is 350 g/mol. The number of aliphatic hydroxyl groups excluding tert-OH is 1. The molecule has 1 aromatic heterocycles. The van der Waals surface area contributed by atoms with Crippen LogP contribution in [0.3, 0.4) is 0 Å². The minimum atomic E-state index is -0.806. The number of nitro benzene ring substituents is 1. The highest BCUT2D eigenvalue weighted by Crippen LogP contribution is 2.34. The number of nitrogens with zero attached hydrogens (tertiary/aromatic N) is 1. The number of nitrogens with one attached hydrogen (secondary N) is 1. The monoisotopic (exact) mass is 350 g/mol. The number of benzene rings is 1. The topological polar surface area (TPSA) is 124 Å². The Morgan fingerprint density at radius 3 is 2.60 bits per heavy atom. The predicted molar refractivity (Wildman–Crippen MR) is 86.8 cm³/mol. The van der Waals surface area contributed by atoms with Crippen LogP contribution in [0, 0.1) is 10.1 Å². The first-order chi connectivity index (χ1) is 12.0. The number of rotatable bonds is 8. The molecule has 1 atom stereocenters. The Balaban J connectivity index is 2.11. The van der Waals surface area contributed by atoms with E-state index in [1.165, 1.54) is 32.8 Å². The van der Waals surface area contributed by atoms with Crippen molar-refractivity contribution in [1.82, 2.24) is 5.32 Å². The number of aliphatic hydroxyl groups is 1. The van der Waals surface area contributed by atoms with Gasteiger partial charge in [0, 0.05) is 18.2 Å². The van der Waals surface area contributed by atoms with Crippen LogP contribution in [0.1, 0.15) is 28.4 Å². The largest absolute Gasteiger partial charge is 0.493 e. The van der Waals surface area contributed by atoms with Crippen molar-refractivity contribution in [2.45, 2.75) is 12.5 Å². The lowest BCUT2D eigenvalue weighted by atomic mass is 10.1. The third-order valence-electron chi connectivity index (χ3n) is 3.57. The van der Waals surface area contributed by atoms with Crippen molar-refractivity contribution in [2.75, 3.05) is 20.8 Å². The first kappa shape index (κ1) is 18.3. The van der Waals surface area contributed by atoms with Gasteiger partial charge in [-0.25, -0.2) is 0 Å².